The van der Waals surface area contributed by atoms with Crippen molar-refractivity contribution in [1.82, 2.24) is 0 Å². The topological polar surface area (TPSA) is 75.7 Å². The maximum atomic E-state index is 10.1. The molecule has 0 aliphatic carbocycles. The van der Waals surface area contributed by atoms with Gasteiger partial charge < -0.3 is 10.8 Å². The van der Waals surface area contributed by atoms with Crippen LogP contribution in [0.1, 0.15) is 13.8 Å². The van der Waals surface area contributed by atoms with E-state index in [1.165, 1.54) is 0 Å². The smallest absolute Gasteiger partial charge is 0.370 e. The molecule has 58 valence electrons. The first-order chi connectivity index (χ1) is 4.54. The summed E-state index contributed by atoms with van der Waals surface area (Å²) in [6.07, 6.45) is 0. The van der Waals surface area contributed by atoms with Crippen molar-refractivity contribution in [1.29, 1.82) is 0 Å². The van der Waals surface area contributed by atoms with Gasteiger partial charge in [-0.3, -0.25) is 4.99 Å². The van der Waals surface area contributed by atoms with Gasteiger partial charge >= 0.3 is 5.97 Å². The lowest BCUT2D eigenvalue weighted by atomic mass is 10.2. The van der Waals surface area contributed by atoms with Gasteiger partial charge in [-0.2, -0.15) is 0 Å². The number of carbonyl (C=O) groups is 1. The highest BCUT2D eigenvalue weighted by Gasteiger charge is 2.01. The molecule has 0 spiro atoms. The van der Waals surface area contributed by atoms with Gasteiger partial charge in [0.05, 0.1) is 0 Å². The van der Waals surface area contributed by atoms with Gasteiger partial charge in [0.25, 0.3) is 0 Å². The van der Waals surface area contributed by atoms with Gasteiger partial charge in [-0.15, -0.1) is 0 Å². The van der Waals surface area contributed by atoms with Gasteiger partial charge in [0.15, 0.2) is 0 Å². The second kappa shape index (κ2) is 3.87. The Balaban J connectivity index is 3.81. The number of carboxylic acids is 1. The van der Waals surface area contributed by atoms with E-state index in [4.69, 9.17) is 10.8 Å². The van der Waals surface area contributed by atoms with Crippen LogP contribution in [0.5, 0.6) is 0 Å². The summed E-state index contributed by atoms with van der Waals surface area (Å²) < 4.78 is 0. The number of rotatable bonds is 2. The highest BCUT2D eigenvalue weighted by atomic mass is 16.4. The fourth-order valence-corrected chi connectivity index (χ4v) is 0.349. The van der Waals surface area contributed by atoms with Crippen LogP contribution in [0.2, 0.25) is 0 Å². The van der Waals surface area contributed by atoms with Crippen molar-refractivity contribution in [2.75, 3.05) is 6.54 Å². The molecule has 0 rings (SSSR count). The van der Waals surface area contributed by atoms with Crippen molar-refractivity contribution < 1.29 is 9.90 Å². The summed E-state index contributed by atoms with van der Waals surface area (Å²) in [5, 5.41) is 8.24. The molecule has 0 heterocycles. The maximum Gasteiger partial charge on any atom is 0.370 e. The highest BCUT2D eigenvalue weighted by molar-refractivity contribution is 6.33. The molecule has 0 radical (unpaired) electrons. The van der Waals surface area contributed by atoms with E-state index in [1.54, 1.807) is 0 Å². The van der Waals surface area contributed by atoms with Crippen LogP contribution in [0, 0.1) is 5.92 Å². The summed E-state index contributed by atoms with van der Waals surface area (Å²) in [4.78, 5) is 13.7. The number of hydrogen-bond acceptors (Lipinski definition) is 2. The zero-order valence-corrected chi connectivity index (χ0v) is 6.16. The fourth-order valence-electron chi connectivity index (χ4n) is 0.349. The van der Waals surface area contributed by atoms with Gasteiger partial charge in [0.1, 0.15) is 0 Å². The van der Waals surface area contributed by atoms with E-state index in [2.05, 4.69) is 4.99 Å². The van der Waals surface area contributed by atoms with Crippen molar-refractivity contribution in [2.24, 2.45) is 16.6 Å². The van der Waals surface area contributed by atoms with Crippen LogP contribution in [0.4, 0.5) is 0 Å². The molecule has 10 heavy (non-hydrogen) atoms. The number of nitrogens with zero attached hydrogens (tertiary/aromatic N) is 1. The molecule has 0 amide bonds. The highest BCUT2D eigenvalue weighted by Crippen LogP contribution is 1.90. The van der Waals surface area contributed by atoms with Crippen LogP contribution < -0.4 is 5.73 Å². The fraction of sp³-hybridized carbons (Fsp3) is 0.667. The molecular formula is C6H12N2O2. The second-order valence-corrected chi connectivity index (χ2v) is 2.42. The van der Waals surface area contributed by atoms with Crippen molar-refractivity contribution in [3.8, 4) is 0 Å². The SMILES string of the molecule is CC(C)CN=C(N)C(=O)O. The Bertz CT molecular complexity index is 152. The third-order valence-corrected chi connectivity index (χ3v) is 0.846. The monoisotopic (exact) mass is 144 g/mol. The summed E-state index contributed by atoms with van der Waals surface area (Å²) in [5.74, 6) is -1.12. The Morgan fingerprint density at radius 3 is 2.50 bits per heavy atom. The Kier molecular flexibility index (Phi) is 3.46. The molecule has 0 aliphatic rings. The molecule has 0 bridgehead atoms. The maximum absolute atomic E-state index is 10.1. The molecule has 0 fully saturated rings. The number of hydrogen-bond donors (Lipinski definition) is 2. The first-order valence-electron chi connectivity index (χ1n) is 3.07. The van der Waals surface area contributed by atoms with Crippen molar-refractivity contribution >= 4 is 11.8 Å². The first kappa shape index (κ1) is 8.94. The van der Waals surface area contributed by atoms with E-state index < -0.39 is 5.97 Å². The number of aliphatic imine (C=N–C) groups is 1. The minimum atomic E-state index is -1.15. The van der Waals surface area contributed by atoms with Crippen LogP contribution in [-0.4, -0.2) is 23.5 Å². The quantitative estimate of drug-likeness (QED) is 0.426. The Hall–Kier alpha value is -1.06. The molecule has 0 aliphatic heterocycles. The lowest BCUT2D eigenvalue weighted by Crippen LogP contribution is -2.23. The number of amidine groups is 1. The van der Waals surface area contributed by atoms with E-state index in [0.29, 0.717) is 12.5 Å². The molecule has 0 atom stereocenters. The van der Waals surface area contributed by atoms with E-state index in [9.17, 15) is 4.79 Å². The van der Waals surface area contributed by atoms with Gasteiger partial charge in [-0.05, 0) is 5.92 Å². The predicted molar refractivity (Wildman–Crippen MR) is 39.0 cm³/mol. The van der Waals surface area contributed by atoms with E-state index >= 15 is 0 Å². The van der Waals surface area contributed by atoms with Gasteiger partial charge in [0.2, 0.25) is 5.84 Å². The van der Waals surface area contributed by atoms with Gasteiger partial charge in [-0.1, -0.05) is 13.8 Å². The van der Waals surface area contributed by atoms with Crippen molar-refractivity contribution in [2.45, 2.75) is 13.8 Å². The minimum Gasteiger partial charge on any atom is -0.475 e. The molecule has 4 nitrogen and oxygen atoms in total. The lowest BCUT2D eigenvalue weighted by molar-refractivity contribution is -0.129. The summed E-state index contributed by atoms with van der Waals surface area (Å²) in [5.41, 5.74) is 5.02. The molecule has 0 aromatic rings. The third kappa shape index (κ3) is 3.88. The number of nitrogens with two attached hydrogens (primary N) is 1. The Morgan fingerprint density at radius 1 is 1.70 bits per heavy atom. The molecule has 0 unspecified atom stereocenters. The van der Waals surface area contributed by atoms with Crippen LogP contribution in [0.15, 0.2) is 4.99 Å². The number of carboxylic acid groups (broad SMARTS) is 1. The van der Waals surface area contributed by atoms with Crippen molar-refractivity contribution in [3.05, 3.63) is 0 Å². The zero-order chi connectivity index (χ0) is 8.15. The predicted octanol–water partition coefficient (Wildman–Crippen LogP) is 0.0842. The zero-order valence-electron chi connectivity index (χ0n) is 6.16. The molecular weight excluding hydrogens is 132 g/mol. The summed E-state index contributed by atoms with van der Waals surface area (Å²) >= 11 is 0. The lowest BCUT2D eigenvalue weighted by Gasteiger charge is -1.97. The van der Waals surface area contributed by atoms with E-state index in [-0.39, 0.29) is 5.84 Å². The molecule has 0 saturated carbocycles. The minimum absolute atomic E-state index is 0.311. The van der Waals surface area contributed by atoms with Crippen LogP contribution >= 0.6 is 0 Å². The second-order valence-electron chi connectivity index (χ2n) is 2.42. The summed E-state index contributed by atoms with van der Waals surface area (Å²) in [6.45, 7) is 4.36. The molecule has 3 N–H and O–H groups in total. The number of aliphatic carboxylic acids is 1. The van der Waals surface area contributed by atoms with Crippen molar-refractivity contribution in [3.63, 3.8) is 0 Å². The van der Waals surface area contributed by atoms with Crippen LogP contribution in [0.3, 0.4) is 0 Å². The molecule has 0 saturated heterocycles. The summed E-state index contributed by atoms with van der Waals surface area (Å²) in [6, 6.07) is 0. The van der Waals surface area contributed by atoms with Gasteiger partial charge in [0, 0.05) is 6.54 Å². The largest absolute Gasteiger partial charge is 0.475 e. The van der Waals surface area contributed by atoms with Crippen LogP contribution in [-0.2, 0) is 4.79 Å². The van der Waals surface area contributed by atoms with Gasteiger partial charge in [-0.25, -0.2) is 4.79 Å². The first-order valence-corrected chi connectivity index (χ1v) is 3.07. The Morgan fingerprint density at radius 2 is 2.20 bits per heavy atom. The standard InChI is InChI=1S/C6H12N2O2/c1-4(2)3-8-5(7)6(9)10/h4H,3H2,1-2H3,(H2,7,8)(H,9,10). The summed E-state index contributed by atoms with van der Waals surface area (Å²) in [7, 11) is 0. The molecule has 0 aromatic heterocycles. The Labute approximate surface area is 59.8 Å². The third-order valence-electron chi connectivity index (χ3n) is 0.846. The van der Waals surface area contributed by atoms with Crippen LogP contribution in [0.25, 0.3) is 0 Å². The average molecular weight is 144 g/mol. The average Bonchev–Trinajstić information content (AvgIpc) is 1.82. The van der Waals surface area contributed by atoms with E-state index in [0.717, 1.165) is 0 Å². The van der Waals surface area contributed by atoms with E-state index in [1.807, 2.05) is 13.8 Å². The molecule has 4 heteroatoms. The normalized spacial score (nSPS) is 12.1. The molecule has 0 aromatic carbocycles.